The number of carbonyl (C=O) groups excluding carboxylic acids is 3. The average Bonchev–Trinajstić information content (AvgIpc) is 2.56. The van der Waals surface area contributed by atoms with Gasteiger partial charge in [0.2, 0.25) is 0 Å². The number of benzene rings is 1. The predicted molar refractivity (Wildman–Crippen MR) is 88.5 cm³/mol. The van der Waals surface area contributed by atoms with Crippen molar-refractivity contribution in [1.82, 2.24) is 0 Å². The van der Waals surface area contributed by atoms with Gasteiger partial charge in [0, 0.05) is 6.08 Å². The van der Waals surface area contributed by atoms with Gasteiger partial charge in [-0.05, 0) is 43.5 Å². The van der Waals surface area contributed by atoms with E-state index in [0.29, 0.717) is 13.0 Å². The van der Waals surface area contributed by atoms with Crippen LogP contribution in [0.3, 0.4) is 0 Å². The molecular formula is C18H22O6. The molecule has 1 aromatic carbocycles. The van der Waals surface area contributed by atoms with E-state index in [1.165, 1.54) is 20.1 Å². The Balaban J connectivity index is 2.19. The van der Waals surface area contributed by atoms with Gasteiger partial charge < -0.3 is 14.2 Å². The van der Waals surface area contributed by atoms with Crippen LogP contribution in [0.25, 0.3) is 6.08 Å². The second-order valence-corrected chi connectivity index (χ2v) is 5.08. The van der Waals surface area contributed by atoms with E-state index in [2.05, 4.69) is 4.74 Å². The van der Waals surface area contributed by atoms with Crippen molar-refractivity contribution in [1.29, 1.82) is 0 Å². The van der Waals surface area contributed by atoms with Gasteiger partial charge in [-0.15, -0.1) is 0 Å². The maximum atomic E-state index is 11.1. The summed E-state index contributed by atoms with van der Waals surface area (Å²) in [6, 6.07) is 7.28. The Bertz CT molecular complexity index is 574. The topological polar surface area (TPSA) is 78.9 Å². The third kappa shape index (κ3) is 8.73. The molecule has 0 heterocycles. The Morgan fingerprint density at radius 3 is 2.33 bits per heavy atom. The Hall–Kier alpha value is -2.63. The van der Waals surface area contributed by atoms with Crippen molar-refractivity contribution in [2.24, 2.45) is 0 Å². The van der Waals surface area contributed by atoms with Crippen LogP contribution in [-0.2, 0) is 23.9 Å². The first-order valence-electron chi connectivity index (χ1n) is 7.65. The second-order valence-electron chi connectivity index (χ2n) is 5.08. The molecule has 0 bridgehead atoms. The van der Waals surface area contributed by atoms with Crippen LogP contribution in [0.1, 0.15) is 31.7 Å². The molecule has 130 valence electrons. The van der Waals surface area contributed by atoms with Crippen LogP contribution < -0.4 is 4.74 Å². The molecular weight excluding hydrogens is 312 g/mol. The first-order chi connectivity index (χ1) is 11.5. The molecule has 0 atom stereocenters. The van der Waals surface area contributed by atoms with Crippen molar-refractivity contribution >= 4 is 23.8 Å². The molecule has 6 heteroatoms. The number of Topliss-reactive ketones (excluding diaryl/α,β-unsaturated/α-hetero) is 1. The summed E-state index contributed by atoms with van der Waals surface area (Å²) in [5.41, 5.74) is 0.866. The fourth-order valence-electron chi connectivity index (χ4n) is 1.74. The molecule has 1 aromatic rings. The second kappa shape index (κ2) is 11.0. The third-order valence-electron chi connectivity index (χ3n) is 2.96. The minimum Gasteiger partial charge on any atom is -0.494 e. The maximum absolute atomic E-state index is 11.1. The molecule has 0 fully saturated rings. The van der Waals surface area contributed by atoms with Gasteiger partial charge >= 0.3 is 11.9 Å². The third-order valence-corrected chi connectivity index (χ3v) is 2.96. The Morgan fingerprint density at radius 1 is 1.04 bits per heavy atom. The van der Waals surface area contributed by atoms with Crippen molar-refractivity contribution in [3.05, 3.63) is 35.9 Å². The van der Waals surface area contributed by atoms with Crippen LogP contribution in [0.15, 0.2) is 30.3 Å². The molecule has 0 aliphatic heterocycles. The molecule has 0 amide bonds. The van der Waals surface area contributed by atoms with Gasteiger partial charge in [0.1, 0.15) is 18.0 Å². The zero-order valence-corrected chi connectivity index (χ0v) is 13.9. The SMILES string of the molecule is COC(=O)/C=C/c1ccc(OCCCCOC(=O)CC(C)=O)cc1. The van der Waals surface area contributed by atoms with Crippen LogP contribution in [0.5, 0.6) is 5.75 Å². The lowest BCUT2D eigenvalue weighted by Crippen LogP contribution is -2.10. The van der Waals surface area contributed by atoms with E-state index >= 15 is 0 Å². The van der Waals surface area contributed by atoms with Crippen LogP contribution in [-0.4, -0.2) is 38.0 Å². The minimum absolute atomic E-state index is 0.173. The lowest BCUT2D eigenvalue weighted by atomic mass is 10.2. The Kier molecular flexibility index (Phi) is 8.89. The quantitative estimate of drug-likeness (QED) is 0.283. The molecule has 0 saturated carbocycles. The van der Waals surface area contributed by atoms with E-state index in [0.717, 1.165) is 17.7 Å². The van der Waals surface area contributed by atoms with Gasteiger partial charge in [-0.2, -0.15) is 0 Å². The van der Waals surface area contributed by atoms with Gasteiger partial charge in [-0.25, -0.2) is 4.79 Å². The Labute approximate surface area is 141 Å². The van der Waals surface area contributed by atoms with E-state index < -0.39 is 11.9 Å². The smallest absolute Gasteiger partial charge is 0.330 e. The van der Waals surface area contributed by atoms with Crippen molar-refractivity contribution in [2.75, 3.05) is 20.3 Å². The van der Waals surface area contributed by atoms with Gasteiger partial charge in [0.25, 0.3) is 0 Å². The zero-order chi connectivity index (χ0) is 17.8. The fourth-order valence-corrected chi connectivity index (χ4v) is 1.74. The van der Waals surface area contributed by atoms with Gasteiger partial charge in [-0.1, -0.05) is 12.1 Å². The number of ketones is 1. The monoisotopic (exact) mass is 334 g/mol. The van der Waals surface area contributed by atoms with E-state index in [4.69, 9.17) is 9.47 Å². The van der Waals surface area contributed by atoms with Crippen molar-refractivity contribution in [2.45, 2.75) is 26.2 Å². The maximum Gasteiger partial charge on any atom is 0.330 e. The number of esters is 2. The summed E-state index contributed by atoms with van der Waals surface area (Å²) in [4.78, 5) is 32.9. The van der Waals surface area contributed by atoms with Crippen molar-refractivity contribution in [3.8, 4) is 5.75 Å². The lowest BCUT2D eigenvalue weighted by molar-refractivity contribution is -0.145. The van der Waals surface area contributed by atoms with Gasteiger partial charge in [-0.3, -0.25) is 9.59 Å². The summed E-state index contributed by atoms with van der Waals surface area (Å²) in [5, 5.41) is 0. The van der Waals surface area contributed by atoms with Crippen molar-refractivity contribution < 1.29 is 28.6 Å². The number of hydrogen-bond acceptors (Lipinski definition) is 6. The summed E-state index contributed by atoms with van der Waals surface area (Å²) in [7, 11) is 1.33. The molecule has 0 radical (unpaired) electrons. The number of unbranched alkanes of at least 4 members (excludes halogenated alkanes) is 1. The predicted octanol–water partition coefficient (Wildman–Crippen LogP) is 2.55. The molecule has 0 N–H and O–H groups in total. The molecule has 0 saturated heterocycles. The highest BCUT2D eigenvalue weighted by atomic mass is 16.5. The summed E-state index contributed by atoms with van der Waals surface area (Å²) in [5.74, 6) is -0.370. The van der Waals surface area contributed by atoms with Crippen LogP contribution in [0, 0.1) is 0 Å². The van der Waals surface area contributed by atoms with Crippen LogP contribution >= 0.6 is 0 Å². The minimum atomic E-state index is -0.487. The van der Waals surface area contributed by atoms with E-state index in [9.17, 15) is 14.4 Å². The molecule has 0 unspecified atom stereocenters. The number of hydrogen-bond donors (Lipinski definition) is 0. The molecule has 0 aliphatic carbocycles. The summed E-state index contributed by atoms with van der Waals surface area (Å²) >= 11 is 0. The lowest BCUT2D eigenvalue weighted by Gasteiger charge is -2.07. The standard InChI is InChI=1S/C18H22O6/c1-14(19)13-18(21)24-12-4-3-11-23-16-8-5-15(6-9-16)7-10-17(20)22-2/h5-10H,3-4,11-13H2,1-2H3/b10-7+. The number of methoxy groups -OCH3 is 1. The molecule has 0 aliphatic rings. The number of ether oxygens (including phenoxy) is 3. The first-order valence-corrected chi connectivity index (χ1v) is 7.65. The Morgan fingerprint density at radius 2 is 1.71 bits per heavy atom. The molecule has 0 spiro atoms. The highest BCUT2D eigenvalue weighted by Crippen LogP contribution is 2.13. The molecule has 24 heavy (non-hydrogen) atoms. The van der Waals surface area contributed by atoms with Gasteiger partial charge in [0.05, 0.1) is 20.3 Å². The normalized spacial score (nSPS) is 10.4. The van der Waals surface area contributed by atoms with Gasteiger partial charge in [0.15, 0.2) is 0 Å². The highest BCUT2D eigenvalue weighted by molar-refractivity contribution is 5.94. The molecule has 1 rings (SSSR count). The molecule has 6 nitrogen and oxygen atoms in total. The summed E-state index contributed by atoms with van der Waals surface area (Å²) in [6.07, 6.45) is 4.24. The van der Waals surface area contributed by atoms with E-state index in [-0.39, 0.29) is 18.8 Å². The van der Waals surface area contributed by atoms with E-state index in [1.807, 2.05) is 24.3 Å². The number of rotatable bonds is 10. The van der Waals surface area contributed by atoms with Crippen LogP contribution in [0.2, 0.25) is 0 Å². The first kappa shape index (κ1) is 19.4. The number of carbonyl (C=O) groups is 3. The summed E-state index contributed by atoms with van der Waals surface area (Å²) in [6.45, 7) is 2.14. The average molecular weight is 334 g/mol. The highest BCUT2D eigenvalue weighted by Gasteiger charge is 2.05. The zero-order valence-electron chi connectivity index (χ0n) is 13.9. The van der Waals surface area contributed by atoms with Crippen LogP contribution in [0.4, 0.5) is 0 Å². The fraction of sp³-hybridized carbons (Fsp3) is 0.389. The molecule has 0 aromatic heterocycles. The largest absolute Gasteiger partial charge is 0.494 e. The summed E-state index contributed by atoms with van der Waals surface area (Å²) < 4.78 is 15.0. The van der Waals surface area contributed by atoms with Crippen molar-refractivity contribution in [3.63, 3.8) is 0 Å². The van der Waals surface area contributed by atoms with E-state index in [1.54, 1.807) is 6.08 Å².